The third-order valence-electron chi connectivity index (χ3n) is 3.86. The molecule has 1 amide bonds. The zero-order chi connectivity index (χ0) is 15.9. The number of carbonyl (C=O) groups is 1. The second-order valence-electron chi connectivity index (χ2n) is 5.42. The van der Waals surface area contributed by atoms with Crippen LogP contribution in [-0.4, -0.2) is 29.3 Å². The number of amides is 1. The van der Waals surface area contributed by atoms with Crippen molar-refractivity contribution in [1.82, 2.24) is 15.1 Å². The number of methoxy groups -OCH3 is 1. The minimum Gasteiger partial charge on any atom is -0.497 e. The largest absolute Gasteiger partial charge is 0.497 e. The second kappa shape index (κ2) is 7.64. The number of nitrogens with zero attached hydrogens (tertiary/aromatic N) is 2. The van der Waals surface area contributed by atoms with Crippen LogP contribution >= 0.6 is 0 Å². The molecule has 2 rings (SSSR count). The SMILES string of the molecule is COc1ccc(C(C)CCNC(=O)C(C)n2cccn2)cc1. The van der Waals surface area contributed by atoms with Gasteiger partial charge in [0.2, 0.25) is 5.91 Å². The summed E-state index contributed by atoms with van der Waals surface area (Å²) >= 11 is 0. The van der Waals surface area contributed by atoms with Crippen LogP contribution in [0, 0.1) is 0 Å². The van der Waals surface area contributed by atoms with E-state index in [0.29, 0.717) is 12.5 Å². The Morgan fingerprint density at radius 2 is 2.05 bits per heavy atom. The van der Waals surface area contributed by atoms with Gasteiger partial charge in [-0.05, 0) is 43.0 Å². The Hall–Kier alpha value is -2.30. The monoisotopic (exact) mass is 301 g/mol. The molecule has 0 saturated carbocycles. The number of hydrogen-bond donors (Lipinski definition) is 1. The standard InChI is InChI=1S/C17H23N3O2/c1-13(15-5-7-16(22-3)8-6-15)9-11-18-17(21)14(2)20-12-4-10-19-20/h4-8,10,12-14H,9,11H2,1-3H3,(H,18,21). The maximum atomic E-state index is 12.1. The van der Waals surface area contributed by atoms with Crippen LogP contribution in [0.15, 0.2) is 42.7 Å². The van der Waals surface area contributed by atoms with Crippen molar-refractivity contribution >= 4 is 5.91 Å². The van der Waals surface area contributed by atoms with Crippen LogP contribution < -0.4 is 10.1 Å². The molecule has 0 aliphatic carbocycles. The first-order valence-corrected chi connectivity index (χ1v) is 7.52. The van der Waals surface area contributed by atoms with Gasteiger partial charge in [0.15, 0.2) is 0 Å². The Morgan fingerprint density at radius 1 is 1.32 bits per heavy atom. The van der Waals surface area contributed by atoms with Crippen LogP contribution in [0.2, 0.25) is 0 Å². The number of rotatable bonds is 7. The molecule has 0 spiro atoms. The number of aromatic nitrogens is 2. The van der Waals surface area contributed by atoms with E-state index in [1.165, 1.54) is 5.56 Å². The zero-order valence-electron chi connectivity index (χ0n) is 13.3. The van der Waals surface area contributed by atoms with Crippen LogP contribution in [0.1, 0.15) is 37.8 Å². The molecule has 1 N–H and O–H groups in total. The Kier molecular flexibility index (Phi) is 5.58. The highest BCUT2D eigenvalue weighted by Gasteiger charge is 2.14. The lowest BCUT2D eigenvalue weighted by molar-refractivity contribution is -0.124. The van der Waals surface area contributed by atoms with Crippen LogP contribution in [-0.2, 0) is 4.79 Å². The molecule has 0 fully saturated rings. The lowest BCUT2D eigenvalue weighted by Gasteiger charge is -2.15. The molecule has 2 unspecified atom stereocenters. The van der Waals surface area contributed by atoms with E-state index in [-0.39, 0.29) is 11.9 Å². The summed E-state index contributed by atoms with van der Waals surface area (Å²) in [5.41, 5.74) is 1.25. The van der Waals surface area contributed by atoms with Gasteiger partial charge in [0.25, 0.3) is 0 Å². The van der Waals surface area contributed by atoms with Gasteiger partial charge in [0, 0.05) is 18.9 Å². The average molecular weight is 301 g/mol. The van der Waals surface area contributed by atoms with Crippen molar-refractivity contribution in [1.29, 1.82) is 0 Å². The van der Waals surface area contributed by atoms with E-state index in [9.17, 15) is 4.79 Å². The summed E-state index contributed by atoms with van der Waals surface area (Å²) in [7, 11) is 1.66. The molecule has 1 aromatic heterocycles. The summed E-state index contributed by atoms with van der Waals surface area (Å²) in [4.78, 5) is 12.1. The summed E-state index contributed by atoms with van der Waals surface area (Å²) in [5, 5.41) is 7.06. The van der Waals surface area contributed by atoms with Gasteiger partial charge in [0.1, 0.15) is 11.8 Å². The summed E-state index contributed by atoms with van der Waals surface area (Å²) in [5.74, 6) is 1.23. The van der Waals surface area contributed by atoms with Crippen LogP contribution in [0.3, 0.4) is 0 Å². The number of ether oxygens (including phenoxy) is 1. The van der Waals surface area contributed by atoms with Gasteiger partial charge in [-0.3, -0.25) is 9.48 Å². The van der Waals surface area contributed by atoms with E-state index in [2.05, 4.69) is 29.5 Å². The molecule has 0 bridgehead atoms. The molecule has 0 saturated heterocycles. The van der Waals surface area contributed by atoms with E-state index in [4.69, 9.17) is 4.74 Å². The maximum Gasteiger partial charge on any atom is 0.244 e. The maximum absolute atomic E-state index is 12.1. The number of hydrogen-bond acceptors (Lipinski definition) is 3. The van der Waals surface area contributed by atoms with Gasteiger partial charge in [-0.15, -0.1) is 0 Å². The Balaban J connectivity index is 1.78. The van der Waals surface area contributed by atoms with Crippen LogP contribution in [0.5, 0.6) is 5.75 Å². The lowest BCUT2D eigenvalue weighted by Crippen LogP contribution is -2.32. The second-order valence-corrected chi connectivity index (χ2v) is 5.42. The van der Waals surface area contributed by atoms with E-state index in [0.717, 1.165) is 12.2 Å². The van der Waals surface area contributed by atoms with Crippen molar-refractivity contribution in [2.24, 2.45) is 0 Å². The van der Waals surface area contributed by atoms with E-state index in [1.807, 2.05) is 25.1 Å². The van der Waals surface area contributed by atoms with Crippen molar-refractivity contribution in [3.8, 4) is 5.75 Å². The zero-order valence-corrected chi connectivity index (χ0v) is 13.3. The molecule has 2 atom stereocenters. The quantitative estimate of drug-likeness (QED) is 0.855. The molecule has 118 valence electrons. The molecule has 2 aromatic rings. The van der Waals surface area contributed by atoms with E-state index in [1.54, 1.807) is 24.2 Å². The van der Waals surface area contributed by atoms with Gasteiger partial charge in [0.05, 0.1) is 7.11 Å². The van der Waals surface area contributed by atoms with Crippen molar-refractivity contribution < 1.29 is 9.53 Å². The minimum absolute atomic E-state index is 0.00868. The highest BCUT2D eigenvalue weighted by molar-refractivity contribution is 5.79. The molecule has 0 aliphatic heterocycles. The minimum atomic E-state index is -0.286. The van der Waals surface area contributed by atoms with Crippen molar-refractivity contribution in [2.45, 2.75) is 32.2 Å². The third-order valence-corrected chi connectivity index (χ3v) is 3.86. The van der Waals surface area contributed by atoms with Gasteiger partial charge in [-0.1, -0.05) is 19.1 Å². The first-order chi connectivity index (χ1) is 10.6. The summed E-state index contributed by atoms with van der Waals surface area (Å²) in [6.07, 6.45) is 4.36. The van der Waals surface area contributed by atoms with Gasteiger partial charge in [-0.2, -0.15) is 5.10 Å². The average Bonchev–Trinajstić information content (AvgIpc) is 3.08. The molecule has 0 aliphatic rings. The first-order valence-electron chi connectivity index (χ1n) is 7.52. The van der Waals surface area contributed by atoms with E-state index >= 15 is 0 Å². The number of benzene rings is 1. The molecule has 5 heteroatoms. The summed E-state index contributed by atoms with van der Waals surface area (Å²) in [6.45, 7) is 4.65. The molecule has 22 heavy (non-hydrogen) atoms. The van der Waals surface area contributed by atoms with Crippen molar-refractivity contribution in [3.05, 3.63) is 48.3 Å². The Labute approximate surface area is 131 Å². The first kappa shape index (κ1) is 16.1. The van der Waals surface area contributed by atoms with Crippen molar-refractivity contribution in [2.75, 3.05) is 13.7 Å². The summed E-state index contributed by atoms with van der Waals surface area (Å²) in [6, 6.07) is 9.59. The topological polar surface area (TPSA) is 56.1 Å². The summed E-state index contributed by atoms with van der Waals surface area (Å²) < 4.78 is 6.81. The highest BCUT2D eigenvalue weighted by Crippen LogP contribution is 2.21. The van der Waals surface area contributed by atoms with Gasteiger partial charge < -0.3 is 10.1 Å². The predicted molar refractivity (Wildman–Crippen MR) is 86.0 cm³/mol. The Bertz CT molecular complexity index is 578. The molecule has 5 nitrogen and oxygen atoms in total. The fourth-order valence-electron chi connectivity index (χ4n) is 2.29. The predicted octanol–water partition coefficient (Wildman–Crippen LogP) is 2.76. The van der Waals surface area contributed by atoms with Gasteiger partial charge in [-0.25, -0.2) is 0 Å². The highest BCUT2D eigenvalue weighted by atomic mass is 16.5. The number of nitrogens with one attached hydrogen (secondary N) is 1. The fourth-order valence-corrected chi connectivity index (χ4v) is 2.29. The third kappa shape index (κ3) is 4.10. The smallest absolute Gasteiger partial charge is 0.244 e. The van der Waals surface area contributed by atoms with Crippen LogP contribution in [0.4, 0.5) is 0 Å². The molecule has 1 aromatic carbocycles. The lowest BCUT2D eigenvalue weighted by atomic mass is 9.98. The van der Waals surface area contributed by atoms with E-state index < -0.39 is 0 Å². The van der Waals surface area contributed by atoms with Gasteiger partial charge >= 0.3 is 0 Å². The van der Waals surface area contributed by atoms with Crippen LogP contribution in [0.25, 0.3) is 0 Å². The number of carbonyl (C=O) groups excluding carboxylic acids is 1. The van der Waals surface area contributed by atoms with Crippen molar-refractivity contribution in [3.63, 3.8) is 0 Å². The molecule has 1 heterocycles. The fraction of sp³-hybridized carbons (Fsp3) is 0.412. The Morgan fingerprint density at radius 3 is 2.64 bits per heavy atom. The molecular formula is C17H23N3O2. The molecular weight excluding hydrogens is 278 g/mol. The normalized spacial score (nSPS) is 13.4. The molecule has 0 radical (unpaired) electrons.